The summed E-state index contributed by atoms with van der Waals surface area (Å²) in [6, 6.07) is 6.11. The van der Waals surface area contributed by atoms with Crippen LogP contribution in [0.2, 0.25) is 10.0 Å². The zero-order valence-corrected chi connectivity index (χ0v) is 17.9. The van der Waals surface area contributed by atoms with Crippen LogP contribution in [0.4, 0.5) is 0 Å². The highest BCUT2D eigenvalue weighted by Crippen LogP contribution is 2.28. The number of hydrogen-bond acceptors (Lipinski definition) is 6. The van der Waals surface area contributed by atoms with Crippen molar-refractivity contribution in [2.24, 2.45) is 0 Å². The lowest BCUT2D eigenvalue weighted by molar-refractivity contribution is 0.0600. The quantitative estimate of drug-likeness (QED) is 0.651. The molecule has 1 amide bonds. The van der Waals surface area contributed by atoms with Gasteiger partial charge in [0.05, 0.1) is 28.3 Å². The van der Waals surface area contributed by atoms with Crippen LogP contribution in [0, 0.1) is 0 Å². The molecule has 0 saturated carbocycles. The average Bonchev–Trinajstić information content (AvgIpc) is 3.20. The lowest BCUT2D eigenvalue weighted by Gasteiger charge is -2.33. The van der Waals surface area contributed by atoms with Gasteiger partial charge in [-0.05, 0) is 18.2 Å². The van der Waals surface area contributed by atoms with Gasteiger partial charge in [0, 0.05) is 31.6 Å². The van der Waals surface area contributed by atoms with Crippen molar-refractivity contribution >= 4 is 56.4 Å². The molecule has 0 bridgehead atoms. The molecule has 2 aromatic rings. The molecule has 1 saturated heterocycles. The summed E-state index contributed by atoms with van der Waals surface area (Å²) in [4.78, 5) is 25.8. The minimum atomic E-state index is -3.75. The molecule has 0 spiro atoms. The van der Waals surface area contributed by atoms with Crippen molar-refractivity contribution in [1.29, 1.82) is 0 Å². The number of methoxy groups -OCH3 is 1. The molecule has 3 rings (SSSR count). The monoisotopic (exact) mass is 462 g/mol. The molecule has 1 fully saturated rings. The van der Waals surface area contributed by atoms with E-state index >= 15 is 0 Å². The van der Waals surface area contributed by atoms with Gasteiger partial charge in [-0.25, -0.2) is 13.2 Å². The minimum absolute atomic E-state index is 0.0607. The van der Waals surface area contributed by atoms with Gasteiger partial charge in [0.1, 0.15) is 4.21 Å². The van der Waals surface area contributed by atoms with Crippen molar-refractivity contribution in [2.45, 2.75) is 4.21 Å². The van der Waals surface area contributed by atoms with Crippen LogP contribution in [0.15, 0.2) is 33.9 Å². The number of halogens is 2. The summed E-state index contributed by atoms with van der Waals surface area (Å²) < 4.78 is 31.6. The first-order chi connectivity index (χ1) is 13.3. The number of ether oxygens (including phenoxy) is 1. The molecule has 2 heterocycles. The number of sulfonamides is 1. The second-order valence-electron chi connectivity index (χ2n) is 5.94. The molecule has 0 radical (unpaired) electrons. The standard InChI is InChI=1S/C17H16Cl2N2O5S2/c1-26-17(23)11-9-14(27-10-11)28(24,25)21-7-5-20(6-8-21)16(22)12-3-2-4-13(18)15(12)19/h2-4,9-10H,5-8H2,1H3. The molecule has 1 aromatic carbocycles. The van der Waals surface area contributed by atoms with E-state index in [-0.39, 0.29) is 57.5 Å². The molecule has 28 heavy (non-hydrogen) atoms. The first-order valence-corrected chi connectivity index (χ1v) is 11.2. The molecule has 0 aliphatic carbocycles. The van der Waals surface area contributed by atoms with E-state index in [1.165, 1.54) is 27.8 Å². The summed E-state index contributed by atoms with van der Waals surface area (Å²) in [5.41, 5.74) is 0.474. The molecule has 11 heteroatoms. The summed E-state index contributed by atoms with van der Waals surface area (Å²) >= 11 is 13.0. The molecule has 1 aromatic heterocycles. The molecular formula is C17H16Cl2N2O5S2. The third-order valence-corrected chi connectivity index (χ3v) is 8.43. The smallest absolute Gasteiger partial charge is 0.338 e. The highest BCUT2D eigenvalue weighted by Gasteiger charge is 2.32. The minimum Gasteiger partial charge on any atom is -0.465 e. The number of benzene rings is 1. The van der Waals surface area contributed by atoms with Crippen LogP contribution in [0.3, 0.4) is 0 Å². The van der Waals surface area contributed by atoms with Crippen molar-refractivity contribution in [1.82, 2.24) is 9.21 Å². The normalized spacial score (nSPS) is 15.5. The molecule has 0 atom stereocenters. The number of carbonyl (C=O) groups is 2. The predicted molar refractivity (Wildman–Crippen MR) is 107 cm³/mol. The Morgan fingerprint density at radius 2 is 1.82 bits per heavy atom. The lowest BCUT2D eigenvalue weighted by Crippen LogP contribution is -2.50. The number of thiophene rings is 1. The van der Waals surface area contributed by atoms with Crippen LogP contribution < -0.4 is 0 Å². The number of rotatable bonds is 4. The van der Waals surface area contributed by atoms with E-state index in [1.807, 2.05) is 0 Å². The van der Waals surface area contributed by atoms with E-state index in [2.05, 4.69) is 4.74 Å². The zero-order chi connectivity index (χ0) is 20.5. The number of amides is 1. The van der Waals surface area contributed by atoms with Gasteiger partial charge < -0.3 is 9.64 Å². The Bertz CT molecular complexity index is 1010. The molecule has 1 aliphatic rings. The van der Waals surface area contributed by atoms with Gasteiger partial charge in [-0.2, -0.15) is 4.31 Å². The Hall–Kier alpha value is -1.65. The summed E-state index contributed by atoms with van der Waals surface area (Å²) in [6.07, 6.45) is 0. The number of hydrogen-bond donors (Lipinski definition) is 0. The summed E-state index contributed by atoms with van der Waals surface area (Å²) in [7, 11) is -2.52. The Labute approximate surface area is 176 Å². The number of nitrogens with zero attached hydrogens (tertiary/aromatic N) is 2. The van der Waals surface area contributed by atoms with E-state index in [9.17, 15) is 18.0 Å². The van der Waals surface area contributed by atoms with Crippen molar-refractivity contribution in [3.8, 4) is 0 Å². The molecule has 1 aliphatic heterocycles. The Morgan fingerprint density at radius 1 is 1.14 bits per heavy atom. The third-order valence-electron chi connectivity index (χ3n) is 4.30. The largest absolute Gasteiger partial charge is 0.465 e. The van der Waals surface area contributed by atoms with Gasteiger partial charge in [-0.1, -0.05) is 29.3 Å². The molecule has 0 N–H and O–H groups in total. The van der Waals surface area contributed by atoms with Gasteiger partial charge >= 0.3 is 5.97 Å². The third kappa shape index (κ3) is 4.04. The average molecular weight is 463 g/mol. The maximum absolute atomic E-state index is 12.8. The van der Waals surface area contributed by atoms with E-state index in [4.69, 9.17) is 23.2 Å². The van der Waals surface area contributed by atoms with Crippen molar-refractivity contribution in [2.75, 3.05) is 33.3 Å². The highest BCUT2D eigenvalue weighted by atomic mass is 35.5. The SMILES string of the molecule is COC(=O)c1csc(S(=O)(=O)N2CCN(C(=O)c3cccc(Cl)c3Cl)CC2)c1. The van der Waals surface area contributed by atoms with Crippen LogP contribution in [0.1, 0.15) is 20.7 Å². The zero-order valence-electron chi connectivity index (χ0n) is 14.7. The first kappa shape index (κ1) is 21.1. The van der Waals surface area contributed by atoms with Gasteiger partial charge in [-0.3, -0.25) is 4.79 Å². The van der Waals surface area contributed by atoms with Crippen molar-refractivity contribution in [3.05, 3.63) is 50.8 Å². The Morgan fingerprint density at radius 3 is 2.46 bits per heavy atom. The fourth-order valence-electron chi connectivity index (χ4n) is 2.77. The van der Waals surface area contributed by atoms with Crippen LogP contribution in [-0.4, -0.2) is 62.8 Å². The fourth-order valence-corrected chi connectivity index (χ4v) is 5.88. The van der Waals surface area contributed by atoms with E-state index in [0.29, 0.717) is 0 Å². The van der Waals surface area contributed by atoms with Crippen LogP contribution >= 0.6 is 34.5 Å². The van der Waals surface area contributed by atoms with Crippen molar-refractivity contribution in [3.63, 3.8) is 0 Å². The molecule has 7 nitrogen and oxygen atoms in total. The van der Waals surface area contributed by atoms with Gasteiger partial charge in [-0.15, -0.1) is 11.3 Å². The fraction of sp³-hybridized carbons (Fsp3) is 0.294. The number of carbonyl (C=O) groups excluding carboxylic acids is 2. The van der Waals surface area contributed by atoms with E-state index < -0.39 is 16.0 Å². The van der Waals surface area contributed by atoms with Crippen LogP contribution in [-0.2, 0) is 14.8 Å². The van der Waals surface area contributed by atoms with E-state index in [1.54, 1.807) is 18.2 Å². The van der Waals surface area contributed by atoms with E-state index in [0.717, 1.165) is 11.3 Å². The topological polar surface area (TPSA) is 84.0 Å². The maximum Gasteiger partial charge on any atom is 0.338 e. The lowest BCUT2D eigenvalue weighted by atomic mass is 10.2. The van der Waals surface area contributed by atoms with Gasteiger partial charge in [0.15, 0.2) is 0 Å². The van der Waals surface area contributed by atoms with Crippen LogP contribution in [0.25, 0.3) is 0 Å². The summed E-state index contributed by atoms with van der Waals surface area (Å²) in [6.45, 7) is 0.710. The van der Waals surface area contributed by atoms with Crippen LogP contribution in [0.5, 0.6) is 0 Å². The Balaban J connectivity index is 1.71. The maximum atomic E-state index is 12.8. The Kier molecular flexibility index (Phi) is 6.31. The second-order valence-corrected chi connectivity index (χ2v) is 9.80. The highest BCUT2D eigenvalue weighted by molar-refractivity contribution is 7.91. The predicted octanol–water partition coefficient (Wildman–Crippen LogP) is 2.99. The molecular weight excluding hydrogens is 447 g/mol. The molecule has 150 valence electrons. The summed E-state index contributed by atoms with van der Waals surface area (Å²) in [5.74, 6) is -0.889. The van der Waals surface area contributed by atoms with Gasteiger partial charge in [0.25, 0.3) is 15.9 Å². The number of piperazine rings is 1. The van der Waals surface area contributed by atoms with Gasteiger partial charge in [0.2, 0.25) is 0 Å². The summed E-state index contributed by atoms with van der Waals surface area (Å²) in [5, 5.41) is 1.91. The van der Waals surface area contributed by atoms with Crippen molar-refractivity contribution < 1.29 is 22.7 Å². The first-order valence-electron chi connectivity index (χ1n) is 8.16. The number of esters is 1. The molecule has 0 unspecified atom stereocenters. The second kappa shape index (κ2) is 8.38.